The fourth-order valence-electron chi connectivity index (χ4n) is 1.97. The van der Waals surface area contributed by atoms with Gasteiger partial charge < -0.3 is 15.2 Å². The Morgan fingerprint density at radius 1 is 1.29 bits per heavy atom. The van der Waals surface area contributed by atoms with Crippen LogP contribution >= 0.6 is 0 Å². The molecule has 0 amide bonds. The Balaban J connectivity index is 2.73. The minimum atomic E-state index is 0.234. The normalized spacial score (nSPS) is 12.3. The number of hydrogen-bond donors (Lipinski definition) is 2. The van der Waals surface area contributed by atoms with Crippen LogP contribution in [0.3, 0.4) is 0 Å². The molecule has 2 N–H and O–H groups in total. The van der Waals surface area contributed by atoms with E-state index >= 15 is 0 Å². The average molecular weight is 237 g/mol. The lowest BCUT2D eigenvalue weighted by Crippen LogP contribution is -2.17. The number of methoxy groups -OCH3 is 1. The molecule has 0 aliphatic carbocycles. The van der Waals surface area contributed by atoms with E-state index in [9.17, 15) is 0 Å². The summed E-state index contributed by atoms with van der Waals surface area (Å²) in [6.45, 7) is 7.21. The van der Waals surface area contributed by atoms with Gasteiger partial charge in [-0.3, -0.25) is 0 Å². The smallest absolute Gasteiger partial charge is 0.124 e. The Morgan fingerprint density at radius 3 is 2.29 bits per heavy atom. The van der Waals surface area contributed by atoms with E-state index in [1.807, 2.05) is 13.8 Å². The van der Waals surface area contributed by atoms with Crippen molar-refractivity contribution in [3.63, 3.8) is 0 Å². The summed E-state index contributed by atoms with van der Waals surface area (Å²) >= 11 is 0. The molecular weight excluding hydrogens is 214 g/mol. The first kappa shape index (κ1) is 13.8. The second-order valence-electron chi connectivity index (χ2n) is 4.48. The molecule has 1 aromatic rings. The number of nitrogens with one attached hydrogen (secondary N) is 1. The van der Waals surface area contributed by atoms with Crippen LogP contribution in [0.2, 0.25) is 0 Å². The van der Waals surface area contributed by atoms with Crippen molar-refractivity contribution in [2.45, 2.75) is 27.2 Å². The second-order valence-corrected chi connectivity index (χ2v) is 4.48. The summed E-state index contributed by atoms with van der Waals surface area (Å²) in [6.07, 6.45) is 0.984. The Kier molecular flexibility index (Phi) is 5.29. The molecule has 0 spiro atoms. The predicted molar refractivity (Wildman–Crippen MR) is 71.8 cm³/mol. The van der Waals surface area contributed by atoms with E-state index in [-0.39, 0.29) is 6.61 Å². The molecule has 3 heteroatoms. The first-order valence-corrected chi connectivity index (χ1v) is 6.12. The SMILES string of the molecule is CCC(CO)CNc1cc(C)c(OC)c(C)c1. The summed E-state index contributed by atoms with van der Waals surface area (Å²) in [5, 5.41) is 12.5. The topological polar surface area (TPSA) is 41.5 Å². The lowest BCUT2D eigenvalue weighted by molar-refractivity contribution is 0.230. The van der Waals surface area contributed by atoms with Crippen LogP contribution < -0.4 is 10.1 Å². The number of ether oxygens (including phenoxy) is 1. The number of aryl methyl sites for hydroxylation is 2. The zero-order valence-corrected chi connectivity index (χ0v) is 11.2. The van der Waals surface area contributed by atoms with Gasteiger partial charge in [0.2, 0.25) is 0 Å². The Hall–Kier alpha value is -1.22. The third-order valence-corrected chi connectivity index (χ3v) is 3.09. The van der Waals surface area contributed by atoms with Gasteiger partial charge in [-0.1, -0.05) is 6.92 Å². The van der Waals surface area contributed by atoms with Crippen LogP contribution in [-0.2, 0) is 0 Å². The molecule has 17 heavy (non-hydrogen) atoms. The van der Waals surface area contributed by atoms with E-state index in [0.717, 1.165) is 35.5 Å². The van der Waals surface area contributed by atoms with E-state index in [1.165, 1.54) is 0 Å². The molecule has 3 nitrogen and oxygen atoms in total. The lowest BCUT2D eigenvalue weighted by atomic mass is 10.1. The Bertz CT molecular complexity index is 336. The number of anilines is 1. The predicted octanol–water partition coefficient (Wildman–Crippen LogP) is 2.74. The number of aliphatic hydroxyl groups excluding tert-OH is 1. The van der Waals surface area contributed by atoms with Crippen molar-refractivity contribution in [1.82, 2.24) is 0 Å². The Morgan fingerprint density at radius 2 is 1.88 bits per heavy atom. The molecule has 1 rings (SSSR count). The van der Waals surface area contributed by atoms with Crippen LogP contribution in [0, 0.1) is 19.8 Å². The molecule has 0 aromatic heterocycles. The van der Waals surface area contributed by atoms with E-state index in [1.54, 1.807) is 7.11 Å². The monoisotopic (exact) mass is 237 g/mol. The molecule has 0 saturated heterocycles. The molecule has 96 valence electrons. The van der Waals surface area contributed by atoms with E-state index in [0.29, 0.717) is 5.92 Å². The van der Waals surface area contributed by atoms with Gasteiger partial charge in [-0.2, -0.15) is 0 Å². The first-order chi connectivity index (χ1) is 8.12. The van der Waals surface area contributed by atoms with Gasteiger partial charge in [0, 0.05) is 18.8 Å². The highest BCUT2D eigenvalue weighted by Crippen LogP contribution is 2.26. The van der Waals surface area contributed by atoms with Crippen LogP contribution in [0.25, 0.3) is 0 Å². The van der Waals surface area contributed by atoms with Gasteiger partial charge in [0.15, 0.2) is 0 Å². The first-order valence-electron chi connectivity index (χ1n) is 6.12. The maximum absolute atomic E-state index is 9.14. The summed E-state index contributed by atoms with van der Waals surface area (Å²) in [5.74, 6) is 1.27. The van der Waals surface area contributed by atoms with Crippen molar-refractivity contribution < 1.29 is 9.84 Å². The van der Waals surface area contributed by atoms with Gasteiger partial charge in [0.05, 0.1) is 7.11 Å². The van der Waals surface area contributed by atoms with Gasteiger partial charge in [0.1, 0.15) is 5.75 Å². The molecule has 0 aliphatic rings. The largest absolute Gasteiger partial charge is 0.496 e. The van der Waals surface area contributed by atoms with E-state index in [2.05, 4.69) is 24.4 Å². The quantitative estimate of drug-likeness (QED) is 0.799. The standard InChI is InChI=1S/C14H23NO2/c1-5-12(9-16)8-15-13-6-10(2)14(17-4)11(3)7-13/h6-7,12,15-16H,5,8-9H2,1-4H3. The third-order valence-electron chi connectivity index (χ3n) is 3.09. The maximum atomic E-state index is 9.14. The zero-order chi connectivity index (χ0) is 12.8. The van der Waals surface area contributed by atoms with Crippen molar-refractivity contribution in [3.8, 4) is 5.75 Å². The fourth-order valence-corrected chi connectivity index (χ4v) is 1.97. The van der Waals surface area contributed by atoms with Gasteiger partial charge in [-0.05, 0) is 49.4 Å². The van der Waals surface area contributed by atoms with Crippen LogP contribution in [0.1, 0.15) is 24.5 Å². The summed E-state index contributed by atoms with van der Waals surface area (Å²) in [5.41, 5.74) is 3.35. The second kappa shape index (κ2) is 6.50. The summed E-state index contributed by atoms with van der Waals surface area (Å²) < 4.78 is 5.33. The Labute approximate surface area is 104 Å². The molecule has 0 aliphatic heterocycles. The van der Waals surface area contributed by atoms with E-state index < -0.39 is 0 Å². The number of rotatable bonds is 6. The third kappa shape index (κ3) is 3.63. The van der Waals surface area contributed by atoms with Gasteiger partial charge in [-0.25, -0.2) is 0 Å². The molecule has 0 saturated carbocycles. The molecule has 1 atom stereocenters. The fraction of sp³-hybridized carbons (Fsp3) is 0.571. The average Bonchev–Trinajstić information content (AvgIpc) is 2.30. The van der Waals surface area contributed by atoms with Crippen LogP contribution in [0.4, 0.5) is 5.69 Å². The zero-order valence-electron chi connectivity index (χ0n) is 11.2. The summed E-state index contributed by atoms with van der Waals surface area (Å²) in [6, 6.07) is 4.16. The molecule has 0 radical (unpaired) electrons. The highest BCUT2D eigenvalue weighted by molar-refractivity contribution is 5.55. The molecular formula is C14H23NO2. The summed E-state index contributed by atoms with van der Waals surface area (Å²) in [7, 11) is 1.70. The molecule has 1 unspecified atom stereocenters. The van der Waals surface area contributed by atoms with Gasteiger partial charge >= 0.3 is 0 Å². The number of aliphatic hydroxyl groups is 1. The number of hydrogen-bond acceptors (Lipinski definition) is 3. The van der Waals surface area contributed by atoms with E-state index in [4.69, 9.17) is 9.84 Å². The molecule has 0 fully saturated rings. The number of benzene rings is 1. The minimum Gasteiger partial charge on any atom is -0.496 e. The van der Waals surface area contributed by atoms with Crippen molar-refractivity contribution in [2.24, 2.45) is 5.92 Å². The highest BCUT2D eigenvalue weighted by Gasteiger charge is 2.07. The molecule has 0 heterocycles. The maximum Gasteiger partial charge on any atom is 0.124 e. The van der Waals surface area contributed by atoms with Crippen molar-refractivity contribution in [2.75, 3.05) is 25.6 Å². The molecule has 1 aromatic carbocycles. The van der Waals surface area contributed by atoms with Crippen LogP contribution in [-0.4, -0.2) is 25.4 Å². The highest BCUT2D eigenvalue weighted by atomic mass is 16.5. The van der Waals surface area contributed by atoms with Crippen molar-refractivity contribution >= 4 is 5.69 Å². The van der Waals surface area contributed by atoms with Crippen molar-refractivity contribution in [1.29, 1.82) is 0 Å². The molecule has 0 bridgehead atoms. The van der Waals surface area contributed by atoms with Gasteiger partial charge in [-0.15, -0.1) is 0 Å². The van der Waals surface area contributed by atoms with Crippen LogP contribution in [0.5, 0.6) is 5.75 Å². The van der Waals surface area contributed by atoms with Crippen molar-refractivity contribution in [3.05, 3.63) is 23.3 Å². The van der Waals surface area contributed by atoms with Crippen LogP contribution in [0.15, 0.2) is 12.1 Å². The minimum absolute atomic E-state index is 0.234. The lowest BCUT2D eigenvalue weighted by Gasteiger charge is -2.16. The summed E-state index contributed by atoms with van der Waals surface area (Å²) in [4.78, 5) is 0. The van der Waals surface area contributed by atoms with Gasteiger partial charge in [0.25, 0.3) is 0 Å².